The highest BCUT2D eigenvalue weighted by Crippen LogP contribution is 2.35. The molecule has 1 aliphatic rings. The lowest BCUT2D eigenvalue weighted by molar-refractivity contribution is -0.132. The first-order chi connectivity index (χ1) is 11.0. The van der Waals surface area contributed by atoms with E-state index < -0.39 is 5.97 Å². The van der Waals surface area contributed by atoms with Crippen LogP contribution in [0.15, 0.2) is 29.8 Å². The molecule has 1 aromatic heterocycles. The molecule has 0 bridgehead atoms. The monoisotopic (exact) mass is 310 g/mol. The second-order valence-corrected chi connectivity index (χ2v) is 5.17. The van der Waals surface area contributed by atoms with Gasteiger partial charge in [-0.15, -0.1) is 0 Å². The van der Waals surface area contributed by atoms with Gasteiger partial charge in [0.15, 0.2) is 11.5 Å². The molecule has 0 aliphatic carbocycles. The summed E-state index contributed by atoms with van der Waals surface area (Å²) in [5, 5.41) is 17.9. The second kappa shape index (κ2) is 5.54. The minimum atomic E-state index is -1.24. The van der Waals surface area contributed by atoms with Crippen LogP contribution in [-0.4, -0.2) is 22.4 Å². The normalized spacial score (nSPS) is 13.0. The Morgan fingerprint density at radius 1 is 1.30 bits per heavy atom. The number of ether oxygens (including phenoxy) is 2. The third-order valence-corrected chi connectivity index (χ3v) is 3.74. The largest absolute Gasteiger partial charge is 0.477 e. The van der Waals surface area contributed by atoms with E-state index in [1.165, 1.54) is 6.08 Å². The van der Waals surface area contributed by atoms with Crippen molar-refractivity contribution in [2.24, 2.45) is 0 Å². The minimum absolute atomic E-state index is 0.209. The Morgan fingerprint density at radius 3 is 2.74 bits per heavy atom. The van der Waals surface area contributed by atoms with E-state index in [-0.39, 0.29) is 12.4 Å². The zero-order chi connectivity index (χ0) is 16.6. The van der Waals surface area contributed by atoms with Gasteiger partial charge in [0, 0.05) is 23.1 Å². The maximum absolute atomic E-state index is 11.0. The summed E-state index contributed by atoms with van der Waals surface area (Å²) in [6.07, 6.45) is 1.38. The van der Waals surface area contributed by atoms with Crippen molar-refractivity contribution in [2.45, 2.75) is 13.8 Å². The Morgan fingerprint density at radius 2 is 2.04 bits per heavy atom. The van der Waals surface area contributed by atoms with Crippen LogP contribution < -0.4 is 9.47 Å². The van der Waals surface area contributed by atoms with E-state index in [4.69, 9.17) is 19.8 Å². The number of benzene rings is 1. The highest BCUT2D eigenvalue weighted by molar-refractivity contribution is 5.96. The lowest BCUT2D eigenvalue weighted by Crippen LogP contribution is -2.00. The van der Waals surface area contributed by atoms with Crippen LogP contribution in [0, 0.1) is 25.2 Å². The molecule has 2 heterocycles. The fourth-order valence-corrected chi connectivity index (χ4v) is 2.65. The van der Waals surface area contributed by atoms with Gasteiger partial charge in [-0.25, -0.2) is 4.79 Å². The number of hydrogen-bond acceptors (Lipinski definition) is 4. The van der Waals surface area contributed by atoms with E-state index in [2.05, 4.69) is 0 Å². The summed E-state index contributed by atoms with van der Waals surface area (Å²) < 4.78 is 12.7. The number of carbonyl (C=O) groups is 1. The maximum Gasteiger partial charge on any atom is 0.346 e. The van der Waals surface area contributed by atoms with Gasteiger partial charge in [0.25, 0.3) is 0 Å². The number of nitrogens with zero attached hydrogens (tertiary/aromatic N) is 2. The van der Waals surface area contributed by atoms with Gasteiger partial charge in [-0.2, -0.15) is 5.26 Å². The Kier molecular flexibility index (Phi) is 3.54. The summed E-state index contributed by atoms with van der Waals surface area (Å²) in [5.41, 5.74) is 3.05. The molecule has 3 rings (SSSR count). The van der Waals surface area contributed by atoms with E-state index in [0.29, 0.717) is 17.1 Å². The van der Waals surface area contributed by atoms with Crippen LogP contribution in [0.4, 0.5) is 0 Å². The predicted molar refractivity (Wildman–Crippen MR) is 82.6 cm³/mol. The number of aromatic nitrogens is 1. The molecule has 0 amide bonds. The van der Waals surface area contributed by atoms with Gasteiger partial charge in [-0.3, -0.25) is 0 Å². The predicted octanol–water partition coefficient (Wildman–Crippen LogP) is 2.81. The Bertz CT molecular complexity index is 871. The topological polar surface area (TPSA) is 84.5 Å². The molecule has 0 radical (unpaired) electrons. The molecular weight excluding hydrogens is 296 g/mol. The molecule has 0 saturated heterocycles. The number of carboxylic acids is 1. The summed E-state index contributed by atoms with van der Waals surface area (Å²) in [7, 11) is 0. The van der Waals surface area contributed by atoms with Gasteiger partial charge in [-0.05, 0) is 43.7 Å². The minimum Gasteiger partial charge on any atom is -0.477 e. The number of hydrogen-bond donors (Lipinski definition) is 1. The first-order valence-corrected chi connectivity index (χ1v) is 6.95. The number of fused-ring (bicyclic) bond motifs is 1. The van der Waals surface area contributed by atoms with E-state index >= 15 is 0 Å². The molecule has 1 N–H and O–H groups in total. The van der Waals surface area contributed by atoms with Gasteiger partial charge in [-0.1, -0.05) is 0 Å². The van der Waals surface area contributed by atoms with Gasteiger partial charge in [0.2, 0.25) is 6.79 Å². The molecule has 2 aromatic rings. The van der Waals surface area contributed by atoms with E-state index in [1.807, 2.05) is 42.7 Å². The summed E-state index contributed by atoms with van der Waals surface area (Å²) in [5.74, 6) is 0.143. The van der Waals surface area contributed by atoms with Gasteiger partial charge < -0.3 is 19.1 Å². The van der Waals surface area contributed by atoms with E-state index in [9.17, 15) is 4.79 Å². The van der Waals surface area contributed by atoms with E-state index in [0.717, 1.165) is 17.1 Å². The zero-order valence-electron chi connectivity index (χ0n) is 12.7. The fraction of sp³-hybridized carbons (Fsp3) is 0.176. The highest BCUT2D eigenvalue weighted by atomic mass is 16.7. The average molecular weight is 310 g/mol. The molecule has 1 aromatic carbocycles. The van der Waals surface area contributed by atoms with Crippen molar-refractivity contribution in [2.75, 3.05) is 6.79 Å². The Labute approximate surface area is 132 Å². The highest BCUT2D eigenvalue weighted by Gasteiger charge is 2.17. The van der Waals surface area contributed by atoms with Crippen LogP contribution >= 0.6 is 0 Å². The quantitative estimate of drug-likeness (QED) is 0.696. The van der Waals surface area contributed by atoms with Crippen molar-refractivity contribution < 1.29 is 19.4 Å². The number of nitriles is 1. The van der Waals surface area contributed by atoms with Crippen LogP contribution in [0.25, 0.3) is 11.8 Å². The van der Waals surface area contributed by atoms with Crippen molar-refractivity contribution in [3.8, 4) is 23.3 Å². The summed E-state index contributed by atoms with van der Waals surface area (Å²) in [6.45, 7) is 4.00. The van der Waals surface area contributed by atoms with Crippen LogP contribution in [0.1, 0.15) is 17.0 Å². The molecule has 0 unspecified atom stereocenters. The van der Waals surface area contributed by atoms with Crippen molar-refractivity contribution in [3.63, 3.8) is 0 Å². The van der Waals surface area contributed by atoms with Crippen LogP contribution in [0.2, 0.25) is 0 Å². The van der Waals surface area contributed by atoms with Crippen LogP contribution in [0.3, 0.4) is 0 Å². The average Bonchev–Trinajstić information content (AvgIpc) is 3.08. The Balaban J connectivity index is 2.09. The molecular formula is C17H14N2O4. The SMILES string of the molecule is Cc1cc(/C=C(\C#N)C(=O)O)c(C)n1-c1ccc2c(c1)OCO2. The molecule has 0 saturated carbocycles. The molecule has 6 heteroatoms. The summed E-state index contributed by atoms with van der Waals surface area (Å²) in [4.78, 5) is 11.0. The molecule has 116 valence electrons. The van der Waals surface area contributed by atoms with Gasteiger partial charge in [0.05, 0.1) is 0 Å². The summed E-state index contributed by atoms with van der Waals surface area (Å²) in [6, 6.07) is 9.16. The molecule has 0 spiro atoms. The van der Waals surface area contributed by atoms with E-state index in [1.54, 1.807) is 6.07 Å². The molecule has 1 aliphatic heterocycles. The lowest BCUT2D eigenvalue weighted by atomic mass is 10.1. The molecule has 0 atom stereocenters. The molecule has 6 nitrogen and oxygen atoms in total. The molecule has 0 fully saturated rings. The fourth-order valence-electron chi connectivity index (χ4n) is 2.65. The third-order valence-electron chi connectivity index (χ3n) is 3.74. The smallest absolute Gasteiger partial charge is 0.346 e. The van der Waals surface area contributed by atoms with Crippen molar-refractivity contribution in [1.29, 1.82) is 5.26 Å². The third kappa shape index (κ3) is 2.53. The zero-order valence-corrected chi connectivity index (χ0v) is 12.7. The first-order valence-electron chi connectivity index (χ1n) is 6.95. The van der Waals surface area contributed by atoms with Crippen LogP contribution in [-0.2, 0) is 4.79 Å². The number of aryl methyl sites for hydroxylation is 1. The molecule has 23 heavy (non-hydrogen) atoms. The van der Waals surface area contributed by atoms with Crippen molar-refractivity contribution >= 4 is 12.0 Å². The van der Waals surface area contributed by atoms with Crippen molar-refractivity contribution in [3.05, 3.63) is 46.8 Å². The number of aliphatic carboxylic acids is 1. The second-order valence-electron chi connectivity index (χ2n) is 5.17. The van der Waals surface area contributed by atoms with Crippen LogP contribution in [0.5, 0.6) is 11.5 Å². The number of rotatable bonds is 3. The van der Waals surface area contributed by atoms with Crippen molar-refractivity contribution in [1.82, 2.24) is 4.57 Å². The first kappa shape index (κ1) is 14.7. The summed E-state index contributed by atoms with van der Waals surface area (Å²) >= 11 is 0. The number of carboxylic acid groups (broad SMARTS) is 1. The lowest BCUT2D eigenvalue weighted by Gasteiger charge is -2.10. The van der Waals surface area contributed by atoms with Gasteiger partial charge >= 0.3 is 5.97 Å². The Hall–Kier alpha value is -3.20. The van der Waals surface area contributed by atoms with Gasteiger partial charge in [0.1, 0.15) is 11.6 Å². The maximum atomic E-state index is 11.0. The standard InChI is InChI=1S/C17H14N2O4/c1-10-5-12(6-13(8-18)17(20)21)11(2)19(10)14-3-4-15-16(7-14)23-9-22-15/h3-7H,9H2,1-2H3,(H,20,21)/b13-6+.